The van der Waals surface area contributed by atoms with Crippen molar-refractivity contribution in [2.45, 2.75) is 19.4 Å². The van der Waals surface area contributed by atoms with Gasteiger partial charge in [-0.3, -0.25) is 4.79 Å². The molecule has 0 aliphatic carbocycles. The van der Waals surface area contributed by atoms with Gasteiger partial charge >= 0.3 is 5.97 Å². The van der Waals surface area contributed by atoms with E-state index in [9.17, 15) is 14.7 Å². The third-order valence-electron chi connectivity index (χ3n) is 3.48. The summed E-state index contributed by atoms with van der Waals surface area (Å²) >= 11 is 0. The summed E-state index contributed by atoms with van der Waals surface area (Å²) in [6.45, 7) is 2.03. The topological polar surface area (TPSA) is 96.5 Å². The normalized spacial score (nSPS) is 17.4. The van der Waals surface area contributed by atoms with E-state index in [1.165, 1.54) is 11.2 Å². The lowest BCUT2D eigenvalue weighted by Gasteiger charge is -2.32. The predicted octanol–water partition coefficient (Wildman–Crippen LogP) is 1.20. The average Bonchev–Trinajstić information content (AvgIpc) is 2.94. The highest BCUT2D eigenvalue weighted by Gasteiger charge is 2.38. The summed E-state index contributed by atoms with van der Waals surface area (Å²) < 4.78 is 5.26. The summed E-state index contributed by atoms with van der Waals surface area (Å²) in [6.07, 6.45) is 1.93. The fourth-order valence-corrected chi connectivity index (χ4v) is 2.46. The molecule has 0 fully saturated rings. The van der Waals surface area contributed by atoms with Gasteiger partial charge in [-0.25, -0.2) is 4.79 Å². The Labute approximate surface area is 120 Å². The molecule has 0 bridgehead atoms. The minimum atomic E-state index is -1.09. The molecular formula is C14H13N3O4. The number of nitrogens with zero attached hydrogens (tertiary/aromatic N) is 3. The largest absolute Gasteiger partial charge is 0.479 e. The van der Waals surface area contributed by atoms with Crippen molar-refractivity contribution >= 4 is 11.9 Å². The number of carbonyl (C=O) groups is 2. The van der Waals surface area contributed by atoms with Crippen LogP contribution in [0.25, 0.3) is 0 Å². The first-order valence-corrected chi connectivity index (χ1v) is 6.48. The molecule has 0 saturated carbocycles. The zero-order valence-corrected chi connectivity index (χ0v) is 11.3. The van der Waals surface area contributed by atoms with Crippen LogP contribution < -0.4 is 0 Å². The van der Waals surface area contributed by atoms with Gasteiger partial charge in [-0.05, 0) is 25.1 Å². The van der Waals surface area contributed by atoms with E-state index in [2.05, 4.69) is 10.2 Å². The quantitative estimate of drug-likeness (QED) is 0.891. The highest BCUT2D eigenvalue weighted by atomic mass is 16.4. The van der Waals surface area contributed by atoms with Crippen LogP contribution >= 0.6 is 0 Å². The first-order valence-electron chi connectivity index (χ1n) is 6.48. The van der Waals surface area contributed by atoms with Gasteiger partial charge in [0, 0.05) is 18.5 Å². The molecule has 3 heterocycles. The molecule has 3 rings (SSSR count). The van der Waals surface area contributed by atoms with Crippen LogP contribution in [0.4, 0.5) is 0 Å². The molecule has 7 heteroatoms. The highest BCUT2D eigenvalue weighted by Crippen LogP contribution is 2.31. The lowest BCUT2D eigenvalue weighted by Crippen LogP contribution is -2.43. The van der Waals surface area contributed by atoms with Crippen LogP contribution in [0.2, 0.25) is 0 Å². The van der Waals surface area contributed by atoms with Crippen LogP contribution in [0.3, 0.4) is 0 Å². The van der Waals surface area contributed by atoms with Gasteiger partial charge in [-0.15, -0.1) is 5.10 Å². The first-order chi connectivity index (χ1) is 10.1. The SMILES string of the molecule is Cc1ccc(C(=O)N2CCc3occc3C2C(=O)O)nn1. The number of amides is 1. The van der Waals surface area contributed by atoms with Crippen LogP contribution in [0.15, 0.2) is 28.9 Å². The lowest BCUT2D eigenvalue weighted by atomic mass is 9.99. The number of carbonyl (C=O) groups excluding carboxylic acids is 1. The highest BCUT2D eigenvalue weighted by molar-refractivity contribution is 5.95. The molecule has 21 heavy (non-hydrogen) atoms. The number of aryl methyl sites for hydroxylation is 1. The average molecular weight is 287 g/mol. The minimum absolute atomic E-state index is 0.138. The maximum Gasteiger partial charge on any atom is 0.331 e. The summed E-state index contributed by atoms with van der Waals surface area (Å²) in [5.74, 6) is -0.922. The molecule has 1 aliphatic rings. The zero-order valence-electron chi connectivity index (χ0n) is 11.3. The first kappa shape index (κ1) is 13.3. The van der Waals surface area contributed by atoms with Crippen molar-refractivity contribution in [3.8, 4) is 0 Å². The number of fused-ring (bicyclic) bond motifs is 1. The van der Waals surface area contributed by atoms with Crippen LogP contribution in [0, 0.1) is 6.92 Å². The maximum absolute atomic E-state index is 12.5. The number of carboxylic acid groups (broad SMARTS) is 1. The van der Waals surface area contributed by atoms with E-state index < -0.39 is 17.9 Å². The Kier molecular flexibility index (Phi) is 3.17. The number of hydrogen-bond donors (Lipinski definition) is 1. The van der Waals surface area contributed by atoms with E-state index in [0.717, 1.165) is 0 Å². The second kappa shape index (κ2) is 5.01. The second-order valence-corrected chi connectivity index (χ2v) is 4.85. The molecule has 2 aromatic heterocycles. The Morgan fingerprint density at radius 2 is 2.14 bits per heavy atom. The van der Waals surface area contributed by atoms with Gasteiger partial charge in [-0.1, -0.05) is 0 Å². The van der Waals surface area contributed by atoms with Crippen molar-refractivity contribution in [2.24, 2.45) is 0 Å². The Hall–Kier alpha value is -2.70. The molecule has 1 unspecified atom stereocenters. The predicted molar refractivity (Wildman–Crippen MR) is 70.6 cm³/mol. The standard InChI is InChI=1S/C14H13N3O4/c1-8-2-3-10(16-15-8)13(18)17-6-4-11-9(5-7-21-11)12(17)14(19)20/h2-3,5,7,12H,4,6H2,1H3,(H,19,20). The second-order valence-electron chi connectivity index (χ2n) is 4.85. The van der Waals surface area contributed by atoms with Crippen molar-refractivity contribution in [2.75, 3.05) is 6.54 Å². The van der Waals surface area contributed by atoms with Gasteiger partial charge in [0.1, 0.15) is 5.76 Å². The van der Waals surface area contributed by atoms with Gasteiger partial charge in [0.2, 0.25) is 0 Å². The summed E-state index contributed by atoms with van der Waals surface area (Å²) in [4.78, 5) is 25.3. The van der Waals surface area contributed by atoms with Crippen LogP contribution in [0.1, 0.15) is 33.5 Å². The monoisotopic (exact) mass is 287 g/mol. The van der Waals surface area contributed by atoms with Gasteiger partial charge in [0.15, 0.2) is 11.7 Å². The van der Waals surface area contributed by atoms with Crippen molar-refractivity contribution in [1.82, 2.24) is 15.1 Å². The Balaban J connectivity index is 1.96. The number of rotatable bonds is 2. The van der Waals surface area contributed by atoms with Gasteiger partial charge < -0.3 is 14.4 Å². The zero-order chi connectivity index (χ0) is 15.0. The maximum atomic E-state index is 12.5. The molecule has 108 valence electrons. The van der Waals surface area contributed by atoms with E-state index >= 15 is 0 Å². The summed E-state index contributed by atoms with van der Waals surface area (Å²) in [7, 11) is 0. The molecule has 1 aliphatic heterocycles. The summed E-state index contributed by atoms with van der Waals surface area (Å²) in [6, 6.07) is 3.76. The van der Waals surface area contributed by atoms with Crippen molar-refractivity contribution < 1.29 is 19.1 Å². The number of aromatic nitrogens is 2. The van der Waals surface area contributed by atoms with E-state index in [1.807, 2.05) is 0 Å². The van der Waals surface area contributed by atoms with E-state index in [1.54, 1.807) is 25.1 Å². The Morgan fingerprint density at radius 3 is 2.81 bits per heavy atom. The minimum Gasteiger partial charge on any atom is -0.479 e. The lowest BCUT2D eigenvalue weighted by molar-refractivity contribution is -0.143. The molecule has 0 radical (unpaired) electrons. The van der Waals surface area contributed by atoms with Crippen molar-refractivity contribution in [3.05, 3.63) is 47.2 Å². The number of hydrogen-bond acceptors (Lipinski definition) is 5. The molecule has 7 nitrogen and oxygen atoms in total. The third-order valence-corrected chi connectivity index (χ3v) is 3.48. The number of aliphatic carboxylic acids is 1. The number of carboxylic acids is 1. The van der Waals surface area contributed by atoms with Crippen LogP contribution in [-0.2, 0) is 11.2 Å². The van der Waals surface area contributed by atoms with Crippen LogP contribution in [-0.4, -0.2) is 38.6 Å². The van der Waals surface area contributed by atoms with Gasteiger partial charge in [-0.2, -0.15) is 5.10 Å². The Morgan fingerprint density at radius 1 is 1.33 bits per heavy atom. The molecule has 0 spiro atoms. The molecule has 0 aromatic carbocycles. The molecular weight excluding hydrogens is 274 g/mol. The van der Waals surface area contributed by atoms with Gasteiger partial charge in [0.05, 0.1) is 12.0 Å². The molecule has 2 aromatic rings. The van der Waals surface area contributed by atoms with Gasteiger partial charge in [0.25, 0.3) is 5.91 Å². The molecule has 1 amide bonds. The summed E-state index contributed by atoms with van der Waals surface area (Å²) in [5, 5.41) is 17.1. The van der Waals surface area contributed by atoms with E-state index in [4.69, 9.17) is 4.42 Å². The summed E-state index contributed by atoms with van der Waals surface area (Å²) in [5.41, 5.74) is 1.35. The van der Waals surface area contributed by atoms with Crippen LogP contribution in [0.5, 0.6) is 0 Å². The smallest absolute Gasteiger partial charge is 0.331 e. The Bertz CT molecular complexity index is 692. The fraction of sp³-hybridized carbons (Fsp3) is 0.286. The molecule has 1 atom stereocenters. The van der Waals surface area contributed by atoms with Crippen molar-refractivity contribution in [3.63, 3.8) is 0 Å². The van der Waals surface area contributed by atoms with E-state index in [0.29, 0.717) is 23.4 Å². The molecule has 1 N–H and O–H groups in total. The third kappa shape index (κ3) is 2.26. The van der Waals surface area contributed by atoms with Crippen molar-refractivity contribution in [1.29, 1.82) is 0 Å². The van der Waals surface area contributed by atoms with E-state index in [-0.39, 0.29) is 12.2 Å². The fourth-order valence-electron chi connectivity index (χ4n) is 2.46. The molecule has 0 saturated heterocycles. The number of furan rings is 1.